The fourth-order valence-corrected chi connectivity index (χ4v) is 3.43. The van der Waals surface area contributed by atoms with Crippen LogP contribution in [0.5, 0.6) is 0 Å². The zero-order valence-electron chi connectivity index (χ0n) is 17.5. The first-order chi connectivity index (χ1) is 14.3. The van der Waals surface area contributed by atoms with Gasteiger partial charge in [0.25, 0.3) is 0 Å². The number of carbonyl (C=O) groups excluding carboxylic acids is 1. The van der Waals surface area contributed by atoms with Crippen LogP contribution in [0.15, 0.2) is 54.6 Å². The summed E-state index contributed by atoms with van der Waals surface area (Å²) in [7, 11) is 0. The largest absolute Gasteiger partial charge is 0.356 e. The molecule has 1 heterocycles. The number of benzene rings is 2. The second-order valence-electron chi connectivity index (χ2n) is 7.33. The van der Waals surface area contributed by atoms with Gasteiger partial charge < -0.3 is 10.2 Å². The van der Waals surface area contributed by atoms with Gasteiger partial charge in [0.2, 0.25) is 5.91 Å². The third-order valence-electron chi connectivity index (χ3n) is 4.80. The van der Waals surface area contributed by atoms with Gasteiger partial charge in [-0.2, -0.15) is 5.10 Å². The average Bonchev–Trinajstić information content (AvgIpc) is 2.97. The lowest BCUT2D eigenvalue weighted by Gasteiger charge is -2.27. The minimum absolute atomic E-state index is 0.0461. The van der Waals surface area contributed by atoms with E-state index >= 15 is 0 Å². The van der Waals surface area contributed by atoms with Crippen LogP contribution in [0.4, 0.5) is 22.7 Å². The molecule has 0 radical (unpaired) electrons. The standard InChI is InChI=1S/C22H25N5O3/c1-15(2)26(21(28)14-25-17(4)22(27(29)30)16(3)24-25)20-12-10-19(11-13-20)23-18-8-6-5-7-9-18/h5-13,15,23H,14H2,1-4H3. The second-order valence-corrected chi connectivity index (χ2v) is 7.33. The predicted molar refractivity (Wildman–Crippen MR) is 117 cm³/mol. The maximum atomic E-state index is 13.1. The Morgan fingerprint density at radius 2 is 1.70 bits per heavy atom. The van der Waals surface area contributed by atoms with Gasteiger partial charge in [-0.3, -0.25) is 19.6 Å². The molecular formula is C22H25N5O3. The fourth-order valence-electron chi connectivity index (χ4n) is 3.43. The van der Waals surface area contributed by atoms with Gasteiger partial charge in [-0.25, -0.2) is 0 Å². The Labute approximate surface area is 175 Å². The lowest BCUT2D eigenvalue weighted by atomic mass is 10.2. The van der Waals surface area contributed by atoms with E-state index < -0.39 is 4.92 Å². The molecule has 0 spiro atoms. The Hall–Kier alpha value is -3.68. The molecule has 0 atom stereocenters. The summed E-state index contributed by atoms with van der Waals surface area (Å²) in [6.07, 6.45) is 0. The zero-order chi connectivity index (χ0) is 21.8. The molecule has 3 rings (SSSR count). The first-order valence-corrected chi connectivity index (χ1v) is 9.70. The van der Waals surface area contributed by atoms with Crippen LogP contribution in [-0.2, 0) is 11.3 Å². The van der Waals surface area contributed by atoms with E-state index in [4.69, 9.17) is 0 Å². The Morgan fingerprint density at radius 3 is 2.23 bits per heavy atom. The Kier molecular flexibility index (Phi) is 6.15. The minimum Gasteiger partial charge on any atom is -0.356 e. The van der Waals surface area contributed by atoms with Crippen LogP contribution in [0.2, 0.25) is 0 Å². The van der Waals surface area contributed by atoms with Crippen LogP contribution >= 0.6 is 0 Å². The number of anilines is 3. The van der Waals surface area contributed by atoms with E-state index in [2.05, 4.69) is 10.4 Å². The highest BCUT2D eigenvalue weighted by atomic mass is 16.6. The van der Waals surface area contributed by atoms with Crippen LogP contribution < -0.4 is 10.2 Å². The number of nitrogens with one attached hydrogen (secondary N) is 1. The third-order valence-corrected chi connectivity index (χ3v) is 4.80. The molecule has 3 aromatic rings. The van der Waals surface area contributed by atoms with Crippen molar-refractivity contribution in [1.82, 2.24) is 9.78 Å². The highest BCUT2D eigenvalue weighted by Crippen LogP contribution is 2.25. The predicted octanol–water partition coefficient (Wildman–Crippen LogP) is 4.59. The molecule has 30 heavy (non-hydrogen) atoms. The van der Waals surface area contributed by atoms with Crippen LogP contribution in [0.1, 0.15) is 25.2 Å². The smallest absolute Gasteiger partial charge is 0.312 e. The van der Waals surface area contributed by atoms with Gasteiger partial charge in [0, 0.05) is 23.1 Å². The average molecular weight is 407 g/mol. The zero-order valence-corrected chi connectivity index (χ0v) is 17.5. The molecule has 0 bridgehead atoms. The summed E-state index contributed by atoms with van der Waals surface area (Å²) in [5.41, 5.74) is 3.28. The summed E-state index contributed by atoms with van der Waals surface area (Å²) < 4.78 is 1.40. The van der Waals surface area contributed by atoms with E-state index in [1.54, 1.807) is 18.7 Å². The van der Waals surface area contributed by atoms with Crippen molar-refractivity contribution < 1.29 is 9.72 Å². The van der Waals surface area contributed by atoms with Crippen LogP contribution in [0.3, 0.4) is 0 Å². The first-order valence-electron chi connectivity index (χ1n) is 9.70. The van der Waals surface area contributed by atoms with Gasteiger partial charge in [-0.1, -0.05) is 18.2 Å². The Balaban J connectivity index is 1.79. The second kappa shape index (κ2) is 8.77. The number of carbonyl (C=O) groups is 1. The molecule has 8 heteroatoms. The van der Waals surface area contributed by atoms with Crippen molar-refractivity contribution in [1.29, 1.82) is 0 Å². The van der Waals surface area contributed by atoms with Crippen molar-refractivity contribution in [2.24, 2.45) is 0 Å². The molecular weight excluding hydrogens is 382 g/mol. The summed E-state index contributed by atoms with van der Waals surface area (Å²) >= 11 is 0. The molecule has 1 N–H and O–H groups in total. The Morgan fingerprint density at radius 1 is 1.10 bits per heavy atom. The van der Waals surface area contributed by atoms with E-state index in [9.17, 15) is 14.9 Å². The third kappa shape index (κ3) is 4.48. The van der Waals surface area contributed by atoms with Crippen molar-refractivity contribution in [3.63, 3.8) is 0 Å². The van der Waals surface area contributed by atoms with Crippen LogP contribution in [0, 0.1) is 24.0 Å². The molecule has 1 aromatic heterocycles. The lowest BCUT2D eigenvalue weighted by molar-refractivity contribution is -0.386. The van der Waals surface area contributed by atoms with Crippen molar-refractivity contribution in [2.45, 2.75) is 40.3 Å². The fraction of sp³-hybridized carbons (Fsp3) is 0.273. The monoisotopic (exact) mass is 407 g/mol. The quantitative estimate of drug-likeness (QED) is 0.457. The van der Waals surface area contributed by atoms with Gasteiger partial charge >= 0.3 is 5.69 Å². The molecule has 0 aliphatic carbocycles. The first kappa shape index (κ1) is 21.0. The number of nitro groups is 1. The molecule has 0 aliphatic rings. The number of nitrogens with zero attached hydrogens (tertiary/aromatic N) is 4. The van der Waals surface area contributed by atoms with Gasteiger partial charge in [-0.15, -0.1) is 0 Å². The molecule has 1 amide bonds. The number of aromatic nitrogens is 2. The van der Waals surface area contributed by atoms with Crippen LogP contribution in [-0.4, -0.2) is 26.7 Å². The number of amides is 1. The van der Waals surface area contributed by atoms with Crippen molar-refractivity contribution in [2.75, 3.05) is 10.2 Å². The highest BCUT2D eigenvalue weighted by Gasteiger charge is 2.25. The van der Waals surface area contributed by atoms with E-state index in [0.717, 1.165) is 17.1 Å². The Bertz CT molecular complexity index is 1040. The van der Waals surface area contributed by atoms with Gasteiger partial charge in [0.05, 0.1) is 4.92 Å². The summed E-state index contributed by atoms with van der Waals surface area (Å²) in [6.45, 7) is 6.97. The van der Waals surface area contributed by atoms with E-state index in [-0.39, 0.29) is 24.2 Å². The topological polar surface area (TPSA) is 93.3 Å². The molecule has 156 valence electrons. The molecule has 0 saturated carbocycles. The molecule has 0 fully saturated rings. The molecule has 8 nitrogen and oxygen atoms in total. The van der Waals surface area contributed by atoms with E-state index in [1.807, 2.05) is 68.4 Å². The number of para-hydroxylation sites is 1. The number of rotatable bonds is 7. The van der Waals surface area contributed by atoms with E-state index in [0.29, 0.717) is 11.4 Å². The highest BCUT2D eigenvalue weighted by molar-refractivity contribution is 5.94. The maximum Gasteiger partial charge on any atom is 0.312 e. The van der Waals surface area contributed by atoms with E-state index in [1.165, 1.54) is 4.68 Å². The van der Waals surface area contributed by atoms with Crippen molar-refractivity contribution in [3.05, 3.63) is 76.1 Å². The molecule has 0 unspecified atom stereocenters. The van der Waals surface area contributed by atoms with Gasteiger partial charge in [0.15, 0.2) is 0 Å². The van der Waals surface area contributed by atoms with Crippen molar-refractivity contribution >= 4 is 28.7 Å². The molecule has 0 saturated heterocycles. The number of aryl methyl sites for hydroxylation is 1. The maximum absolute atomic E-state index is 13.1. The van der Waals surface area contributed by atoms with Gasteiger partial charge in [-0.05, 0) is 64.1 Å². The number of hydrogen-bond donors (Lipinski definition) is 1. The molecule has 0 aliphatic heterocycles. The summed E-state index contributed by atoms with van der Waals surface area (Å²) in [4.78, 5) is 25.5. The lowest BCUT2D eigenvalue weighted by Crippen LogP contribution is -2.39. The summed E-state index contributed by atoms with van der Waals surface area (Å²) in [5, 5.41) is 18.7. The minimum atomic E-state index is -0.461. The number of hydrogen-bond acceptors (Lipinski definition) is 5. The SMILES string of the molecule is Cc1nn(CC(=O)N(c2ccc(Nc3ccccc3)cc2)C(C)C)c(C)c1[N+](=O)[O-]. The molecule has 2 aromatic carbocycles. The normalized spacial score (nSPS) is 10.8. The summed E-state index contributed by atoms with van der Waals surface area (Å²) in [6, 6.07) is 17.3. The van der Waals surface area contributed by atoms with Crippen LogP contribution in [0.25, 0.3) is 0 Å². The van der Waals surface area contributed by atoms with Gasteiger partial charge in [0.1, 0.15) is 17.9 Å². The summed E-state index contributed by atoms with van der Waals surface area (Å²) in [5.74, 6) is -0.186. The van der Waals surface area contributed by atoms with Crippen molar-refractivity contribution in [3.8, 4) is 0 Å².